The minimum Gasteiger partial charge on any atom is -0.367 e. The van der Waals surface area contributed by atoms with Crippen LogP contribution in [-0.4, -0.2) is 51.8 Å². The molecule has 3 N–H and O–H groups in total. The molecule has 8 nitrogen and oxygen atoms in total. The largest absolute Gasteiger partial charge is 0.367 e. The fraction of sp³-hybridized carbons (Fsp3) is 0.190. The maximum atomic E-state index is 12.8. The lowest BCUT2D eigenvalue weighted by atomic mass is 10.2. The van der Waals surface area contributed by atoms with Crippen molar-refractivity contribution in [1.29, 1.82) is 0 Å². The van der Waals surface area contributed by atoms with Gasteiger partial charge in [0.2, 0.25) is 0 Å². The molecule has 0 saturated carbocycles. The lowest BCUT2D eigenvalue weighted by molar-refractivity contribution is 0.102. The Morgan fingerprint density at radius 2 is 1.93 bits per heavy atom. The quantitative estimate of drug-likeness (QED) is 0.500. The average Bonchev–Trinajstić information content (AvgIpc) is 3.42. The Morgan fingerprint density at radius 1 is 1.07 bits per heavy atom. The minimum absolute atomic E-state index is 0.257. The van der Waals surface area contributed by atoms with E-state index in [2.05, 4.69) is 30.6 Å². The van der Waals surface area contributed by atoms with Gasteiger partial charge < -0.3 is 20.5 Å². The Labute approximate surface area is 167 Å². The third kappa shape index (κ3) is 3.34. The fourth-order valence-electron chi connectivity index (χ4n) is 3.68. The van der Waals surface area contributed by atoms with Crippen LogP contribution in [0.15, 0.2) is 61.2 Å². The number of carbonyl (C=O) groups is 1. The van der Waals surface area contributed by atoms with Crippen molar-refractivity contribution in [3.05, 3.63) is 66.9 Å². The number of H-pyrrole nitrogens is 1. The Kier molecular flexibility index (Phi) is 4.45. The lowest BCUT2D eigenvalue weighted by Gasteiger charge is -2.30. The molecular weight excluding hydrogens is 366 g/mol. The number of hydrogen-bond donors (Lipinski definition) is 3. The van der Waals surface area contributed by atoms with E-state index in [0.717, 1.165) is 48.5 Å². The van der Waals surface area contributed by atoms with E-state index in [-0.39, 0.29) is 5.91 Å². The molecule has 1 amide bonds. The van der Waals surface area contributed by atoms with Crippen molar-refractivity contribution in [2.75, 3.05) is 36.4 Å². The number of anilines is 2. The number of amides is 1. The maximum absolute atomic E-state index is 12.8. The summed E-state index contributed by atoms with van der Waals surface area (Å²) >= 11 is 0. The summed E-state index contributed by atoms with van der Waals surface area (Å²) in [6.45, 7) is 3.62. The Bertz CT molecular complexity index is 1160. The number of rotatable bonds is 4. The van der Waals surface area contributed by atoms with E-state index in [9.17, 15) is 4.79 Å². The van der Waals surface area contributed by atoms with Crippen LogP contribution in [0.1, 0.15) is 10.5 Å². The van der Waals surface area contributed by atoms with Gasteiger partial charge in [0.15, 0.2) is 5.69 Å². The van der Waals surface area contributed by atoms with Gasteiger partial charge in [0.1, 0.15) is 0 Å². The summed E-state index contributed by atoms with van der Waals surface area (Å²) in [5.41, 5.74) is 3.96. The second-order valence-electron chi connectivity index (χ2n) is 6.95. The number of benzene rings is 1. The Morgan fingerprint density at radius 3 is 2.83 bits per heavy atom. The topological polar surface area (TPSA) is 90.9 Å². The molecule has 3 aromatic heterocycles. The molecule has 1 fully saturated rings. The van der Waals surface area contributed by atoms with Gasteiger partial charge in [0.05, 0.1) is 23.3 Å². The van der Waals surface area contributed by atoms with Crippen LogP contribution in [0, 0.1) is 0 Å². The first-order valence-electron chi connectivity index (χ1n) is 9.63. The third-order valence-electron chi connectivity index (χ3n) is 5.14. The highest BCUT2D eigenvalue weighted by atomic mass is 16.2. The average molecular weight is 387 g/mol. The molecule has 5 rings (SSSR count). The number of para-hydroxylation sites is 1. The number of fused-ring (bicyclic) bond motifs is 1. The number of hydrogen-bond acceptors (Lipinski definition) is 5. The lowest BCUT2D eigenvalue weighted by Crippen LogP contribution is -2.43. The predicted octanol–water partition coefficient (Wildman–Crippen LogP) is 2.41. The monoisotopic (exact) mass is 387 g/mol. The van der Waals surface area contributed by atoms with Gasteiger partial charge in [-0.3, -0.25) is 9.78 Å². The zero-order chi connectivity index (χ0) is 19.6. The van der Waals surface area contributed by atoms with E-state index in [1.54, 1.807) is 29.3 Å². The summed E-state index contributed by atoms with van der Waals surface area (Å²) in [6, 6.07) is 11.7. The fourth-order valence-corrected chi connectivity index (χ4v) is 3.68. The molecular formula is C21H21N7O. The van der Waals surface area contributed by atoms with Gasteiger partial charge >= 0.3 is 0 Å². The molecule has 0 radical (unpaired) electrons. The summed E-state index contributed by atoms with van der Waals surface area (Å²) < 4.78 is 1.72. The number of aromatic amines is 1. The molecule has 0 atom stereocenters. The number of aromatic nitrogens is 4. The van der Waals surface area contributed by atoms with Gasteiger partial charge in [-0.2, -0.15) is 5.10 Å². The van der Waals surface area contributed by atoms with Crippen LogP contribution in [0.3, 0.4) is 0 Å². The Hall–Kier alpha value is -3.65. The van der Waals surface area contributed by atoms with Crippen molar-refractivity contribution in [1.82, 2.24) is 25.1 Å². The molecule has 0 aliphatic carbocycles. The molecule has 0 bridgehead atoms. The summed E-state index contributed by atoms with van der Waals surface area (Å²) in [7, 11) is 0. The van der Waals surface area contributed by atoms with Crippen LogP contribution < -0.4 is 15.5 Å². The van der Waals surface area contributed by atoms with Crippen molar-refractivity contribution in [3.63, 3.8) is 0 Å². The minimum atomic E-state index is -0.257. The van der Waals surface area contributed by atoms with Gasteiger partial charge in [-0.25, -0.2) is 4.68 Å². The van der Waals surface area contributed by atoms with Gasteiger partial charge in [0, 0.05) is 55.7 Å². The maximum Gasteiger partial charge on any atom is 0.276 e. The SMILES string of the molecule is O=C(Nc1cnccc1N1CCNCC1)c1ccn(-c2c[nH]c3ccccc23)n1. The van der Waals surface area contributed by atoms with Crippen molar-refractivity contribution >= 4 is 28.2 Å². The van der Waals surface area contributed by atoms with Crippen LogP contribution in [0.2, 0.25) is 0 Å². The second-order valence-corrected chi connectivity index (χ2v) is 6.95. The number of pyridine rings is 1. The molecule has 29 heavy (non-hydrogen) atoms. The summed E-state index contributed by atoms with van der Waals surface area (Å²) in [6.07, 6.45) is 7.12. The van der Waals surface area contributed by atoms with Crippen LogP contribution in [0.4, 0.5) is 11.4 Å². The van der Waals surface area contributed by atoms with E-state index in [0.29, 0.717) is 11.4 Å². The van der Waals surface area contributed by atoms with Gasteiger partial charge in [-0.15, -0.1) is 0 Å². The molecule has 1 aliphatic rings. The van der Waals surface area contributed by atoms with Crippen LogP contribution in [0.5, 0.6) is 0 Å². The van der Waals surface area contributed by atoms with Crippen molar-refractivity contribution in [3.8, 4) is 5.69 Å². The van der Waals surface area contributed by atoms with Gasteiger partial charge in [0.25, 0.3) is 5.91 Å². The molecule has 1 aliphatic heterocycles. The smallest absolute Gasteiger partial charge is 0.276 e. The van der Waals surface area contributed by atoms with E-state index in [1.165, 1.54) is 0 Å². The Balaban J connectivity index is 1.39. The highest BCUT2D eigenvalue weighted by Crippen LogP contribution is 2.26. The number of nitrogens with one attached hydrogen (secondary N) is 3. The van der Waals surface area contributed by atoms with E-state index in [1.807, 2.05) is 36.5 Å². The molecule has 4 heterocycles. The van der Waals surface area contributed by atoms with Crippen molar-refractivity contribution < 1.29 is 4.79 Å². The molecule has 1 saturated heterocycles. The first-order chi connectivity index (χ1) is 14.3. The van der Waals surface area contributed by atoms with Crippen molar-refractivity contribution in [2.24, 2.45) is 0 Å². The van der Waals surface area contributed by atoms with Crippen LogP contribution in [0.25, 0.3) is 16.6 Å². The first-order valence-corrected chi connectivity index (χ1v) is 9.63. The molecule has 0 spiro atoms. The zero-order valence-electron chi connectivity index (χ0n) is 15.8. The number of carbonyl (C=O) groups excluding carboxylic acids is 1. The van der Waals surface area contributed by atoms with E-state index in [4.69, 9.17) is 0 Å². The normalized spacial score (nSPS) is 14.3. The molecule has 1 aromatic carbocycles. The standard InChI is InChI=1S/C21H21N7O/c29-21(25-18-13-23-7-5-19(18)27-11-8-22-9-12-27)17-6-10-28(26-17)20-14-24-16-4-2-1-3-15(16)20/h1-7,10,13-14,22,24H,8-9,11-12H2,(H,25,29). The highest BCUT2D eigenvalue weighted by molar-refractivity contribution is 6.04. The molecule has 4 aromatic rings. The van der Waals surface area contributed by atoms with Gasteiger partial charge in [-0.05, 0) is 18.2 Å². The van der Waals surface area contributed by atoms with Gasteiger partial charge in [-0.1, -0.05) is 18.2 Å². The van der Waals surface area contributed by atoms with E-state index >= 15 is 0 Å². The molecule has 0 unspecified atom stereocenters. The van der Waals surface area contributed by atoms with Crippen molar-refractivity contribution in [2.45, 2.75) is 0 Å². The predicted molar refractivity (Wildman–Crippen MR) is 113 cm³/mol. The zero-order valence-corrected chi connectivity index (χ0v) is 15.8. The van der Waals surface area contributed by atoms with Crippen LogP contribution in [-0.2, 0) is 0 Å². The summed E-state index contributed by atoms with van der Waals surface area (Å²) in [5, 5.41) is 11.8. The first kappa shape index (κ1) is 17.4. The highest BCUT2D eigenvalue weighted by Gasteiger charge is 2.18. The molecule has 8 heteroatoms. The van der Waals surface area contributed by atoms with E-state index < -0.39 is 0 Å². The third-order valence-corrected chi connectivity index (χ3v) is 5.14. The van der Waals surface area contributed by atoms with Crippen LogP contribution >= 0.6 is 0 Å². The number of piperazine rings is 1. The molecule has 146 valence electrons. The summed E-state index contributed by atoms with van der Waals surface area (Å²) in [5.74, 6) is -0.257. The second kappa shape index (κ2) is 7.40. The summed E-state index contributed by atoms with van der Waals surface area (Å²) in [4.78, 5) is 22.5. The number of nitrogens with zero attached hydrogens (tertiary/aromatic N) is 4.